The van der Waals surface area contributed by atoms with Gasteiger partial charge in [0.05, 0.1) is 0 Å². The number of hydrogen-bond donors (Lipinski definition) is 4. The highest BCUT2D eigenvalue weighted by molar-refractivity contribution is 5.85. The Morgan fingerprint density at radius 1 is 1.09 bits per heavy atom. The number of hydrogen-bond acceptors (Lipinski definition) is 4. The molecule has 0 aliphatic carbocycles. The first kappa shape index (κ1) is 7.96. The summed E-state index contributed by atoms with van der Waals surface area (Å²) >= 11 is 0. The lowest BCUT2D eigenvalue weighted by molar-refractivity contribution is -0.146. The van der Waals surface area contributed by atoms with Crippen molar-refractivity contribution in [1.82, 2.24) is 10.6 Å². The van der Waals surface area contributed by atoms with Gasteiger partial charge in [-0.3, -0.25) is 20.2 Å². The highest BCUT2D eigenvalue weighted by Crippen LogP contribution is 1.99. The maximum absolute atomic E-state index is 10.4. The van der Waals surface area contributed by atoms with Gasteiger partial charge in [0.2, 0.25) is 0 Å². The van der Waals surface area contributed by atoms with Gasteiger partial charge in [0, 0.05) is 6.67 Å². The van der Waals surface area contributed by atoms with Crippen molar-refractivity contribution in [3.63, 3.8) is 0 Å². The third kappa shape index (κ3) is 1.47. The van der Waals surface area contributed by atoms with Crippen LogP contribution in [0.25, 0.3) is 0 Å². The molecule has 1 saturated heterocycles. The molecule has 0 bridgehead atoms. The molecule has 1 rings (SSSR count). The molecule has 0 aromatic heterocycles. The molecule has 0 unspecified atom stereocenters. The first-order chi connectivity index (χ1) is 5.13. The van der Waals surface area contributed by atoms with Crippen molar-refractivity contribution < 1.29 is 19.8 Å². The minimum absolute atomic E-state index is 0.216. The van der Waals surface area contributed by atoms with E-state index >= 15 is 0 Å². The first-order valence-corrected chi connectivity index (χ1v) is 3.05. The van der Waals surface area contributed by atoms with Crippen LogP contribution in [0, 0.1) is 0 Å². The fourth-order valence-corrected chi connectivity index (χ4v) is 0.974. The summed E-state index contributed by atoms with van der Waals surface area (Å²) in [5, 5.41) is 21.9. The van der Waals surface area contributed by atoms with E-state index in [1.165, 1.54) is 0 Å². The molecule has 1 aliphatic heterocycles. The van der Waals surface area contributed by atoms with Crippen molar-refractivity contribution in [1.29, 1.82) is 0 Å². The third-order valence-electron chi connectivity index (χ3n) is 1.51. The van der Waals surface area contributed by atoms with E-state index in [4.69, 9.17) is 10.2 Å². The molecule has 4 N–H and O–H groups in total. The summed E-state index contributed by atoms with van der Waals surface area (Å²) in [5.41, 5.74) is 0. The minimum atomic E-state index is -1.15. The maximum Gasteiger partial charge on any atom is 0.323 e. The Kier molecular flexibility index (Phi) is 2.06. The van der Waals surface area contributed by atoms with Gasteiger partial charge in [-0.15, -0.1) is 0 Å². The molecule has 1 aliphatic rings. The molecule has 0 amide bonds. The van der Waals surface area contributed by atoms with Crippen molar-refractivity contribution >= 4 is 11.9 Å². The molecule has 6 nitrogen and oxygen atoms in total. The van der Waals surface area contributed by atoms with Crippen molar-refractivity contribution in [3.8, 4) is 0 Å². The summed E-state index contributed by atoms with van der Waals surface area (Å²) in [4.78, 5) is 20.7. The molecule has 1 heterocycles. The first-order valence-electron chi connectivity index (χ1n) is 3.05. The quantitative estimate of drug-likeness (QED) is 0.374. The fourth-order valence-electron chi connectivity index (χ4n) is 0.974. The Labute approximate surface area is 62.2 Å². The third-order valence-corrected chi connectivity index (χ3v) is 1.51. The Morgan fingerprint density at radius 2 is 1.45 bits per heavy atom. The van der Waals surface area contributed by atoms with Crippen LogP contribution in [-0.4, -0.2) is 40.9 Å². The van der Waals surface area contributed by atoms with E-state index in [9.17, 15) is 9.59 Å². The number of carbonyl (C=O) groups is 2. The summed E-state index contributed by atoms with van der Waals surface area (Å²) < 4.78 is 0. The summed E-state index contributed by atoms with van der Waals surface area (Å²) in [6.45, 7) is 0.216. The van der Waals surface area contributed by atoms with E-state index in [0.717, 1.165) is 0 Å². The largest absolute Gasteiger partial charge is 0.480 e. The lowest BCUT2D eigenvalue weighted by atomic mass is 10.1. The topological polar surface area (TPSA) is 98.7 Å². The van der Waals surface area contributed by atoms with Gasteiger partial charge in [0.25, 0.3) is 0 Å². The molecule has 11 heavy (non-hydrogen) atoms. The van der Waals surface area contributed by atoms with E-state index in [-0.39, 0.29) is 6.67 Å². The second kappa shape index (κ2) is 2.85. The van der Waals surface area contributed by atoms with E-state index in [1.807, 2.05) is 0 Å². The van der Waals surface area contributed by atoms with Crippen LogP contribution >= 0.6 is 0 Å². The molecule has 6 heteroatoms. The van der Waals surface area contributed by atoms with Gasteiger partial charge in [-0.1, -0.05) is 0 Å². The Balaban J connectivity index is 2.65. The average molecular weight is 160 g/mol. The summed E-state index contributed by atoms with van der Waals surface area (Å²) in [7, 11) is 0. The summed E-state index contributed by atoms with van der Waals surface area (Å²) in [6.07, 6.45) is 0. The molecule has 62 valence electrons. The fraction of sp³-hybridized carbons (Fsp3) is 0.600. The van der Waals surface area contributed by atoms with Gasteiger partial charge in [0.15, 0.2) is 0 Å². The average Bonchev–Trinajstić information content (AvgIpc) is 2.32. The van der Waals surface area contributed by atoms with Gasteiger partial charge in [-0.2, -0.15) is 0 Å². The van der Waals surface area contributed by atoms with Crippen LogP contribution in [0.5, 0.6) is 0 Å². The number of aliphatic carboxylic acids is 2. The van der Waals surface area contributed by atoms with Gasteiger partial charge >= 0.3 is 11.9 Å². The zero-order chi connectivity index (χ0) is 8.43. The lowest BCUT2D eigenvalue weighted by Crippen LogP contribution is -2.45. The summed E-state index contributed by atoms with van der Waals surface area (Å²) in [5.74, 6) is -2.30. The Hall–Kier alpha value is -1.14. The SMILES string of the molecule is O=C(O)[C@H]1NCN[C@H]1C(=O)O. The Bertz CT molecular complexity index is 173. The second-order valence-corrected chi connectivity index (χ2v) is 2.22. The Morgan fingerprint density at radius 3 is 1.73 bits per heavy atom. The predicted octanol–water partition coefficient (Wildman–Crippen LogP) is -1.96. The van der Waals surface area contributed by atoms with E-state index in [2.05, 4.69) is 10.6 Å². The molecule has 0 aromatic carbocycles. The normalized spacial score (nSPS) is 30.2. The molecular weight excluding hydrogens is 152 g/mol. The van der Waals surface area contributed by atoms with Crippen LogP contribution in [0.3, 0.4) is 0 Å². The van der Waals surface area contributed by atoms with Crippen LogP contribution in [0.1, 0.15) is 0 Å². The van der Waals surface area contributed by atoms with Gasteiger partial charge in [-0.25, -0.2) is 0 Å². The van der Waals surface area contributed by atoms with E-state index in [0.29, 0.717) is 0 Å². The minimum Gasteiger partial charge on any atom is -0.480 e. The maximum atomic E-state index is 10.4. The van der Waals surface area contributed by atoms with Gasteiger partial charge in [-0.05, 0) is 0 Å². The molecule has 1 fully saturated rings. The smallest absolute Gasteiger partial charge is 0.323 e. The van der Waals surface area contributed by atoms with Crippen molar-refractivity contribution in [2.75, 3.05) is 6.67 Å². The zero-order valence-corrected chi connectivity index (χ0v) is 5.57. The van der Waals surface area contributed by atoms with Crippen LogP contribution < -0.4 is 10.6 Å². The van der Waals surface area contributed by atoms with E-state index in [1.54, 1.807) is 0 Å². The molecule has 0 spiro atoms. The van der Waals surface area contributed by atoms with Crippen molar-refractivity contribution in [2.45, 2.75) is 12.1 Å². The van der Waals surface area contributed by atoms with Crippen LogP contribution in [0.4, 0.5) is 0 Å². The number of carboxylic acids is 2. The zero-order valence-electron chi connectivity index (χ0n) is 5.57. The van der Waals surface area contributed by atoms with Crippen LogP contribution in [0.15, 0.2) is 0 Å². The molecule has 0 aromatic rings. The molecule has 0 saturated carbocycles. The number of rotatable bonds is 2. The summed E-state index contributed by atoms with van der Waals surface area (Å²) in [6, 6.07) is -2.04. The lowest BCUT2D eigenvalue weighted by Gasteiger charge is -2.08. The van der Waals surface area contributed by atoms with Crippen molar-refractivity contribution in [3.05, 3.63) is 0 Å². The van der Waals surface area contributed by atoms with Crippen LogP contribution in [-0.2, 0) is 9.59 Å². The molecular formula is C5H8N2O4. The highest BCUT2D eigenvalue weighted by atomic mass is 16.4. The van der Waals surface area contributed by atoms with Crippen molar-refractivity contribution in [2.24, 2.45) is 0 Å². The van der Waals surface area contributed by atoms with Crippen LogP contribution in [0.2, 0.25) is 0 Å². The number of nitrogens with one attached hydrogen (secondary N) is 2. The van der Waals surface area contributed by atoms with Gasteiger partial charge in [0.1, 0.15) is 12.1 Å². The monoisotopic (exact) mass is 160 g/mol. The number of carboxylic acid groups (broad SMARTS) is 2. The van der Waals surface area contributed by atoms with E-state index < -0.39 is 24.0 Å². The highest BCUT2D eigenvalue weighted by Gasteiger charge is 2.37. The second-order valence-electron chi connectivity index (χ2n) is 2.22. The van der Waals surface area contributed by atoms with Gasteiger partial charge < -0.3 is 10.2 Å². The predicted molar refractivity (Wildman–Crippen MR) is 34.0 cm³/mol. The molecule has 0 radical (unpaired) electrons. The standard InChI is InChI=1S/C5H8N2O4/c8-4(9)2-3(5(10)11)7-1-6-2/h2-3,6-7H,1H2,(H,8,9)(H,10,11)/t2-,3+. The molecule has 2 atom stereocenters.